The Kier molecular flexibility index (Phi) is 6.03. The molecule has 0 saturated carbocycles. The van der Waals surface area contributed by atoms with Gasteiger partial charge >= 0.3 is 0 Å². The lowest BCUT2D eigenvalue weighted by molar-refractivity contribution is -0.139. The molecule has 1 amide bonds. The summed E-state index contributed by atoms with van der Waals surface area (Å²) in [5.41, 5.74) is 2.24. The highest BCUT2D eigenvalue weighted by atomic mass is 16.5. The number of carbonyl (C=O) groups is 2. The predicted molar refractivity (Wildman–Crippen MR) is 129 cm³/mol. The Bertz CT molecular complexity index is 1300. The molecule has 0 radical (unpaired) electrons. The number of benzene rings is 2. The maximum atomic E-state index is 13.3. The quantitative estimate of drug-likeness (QED) is 0.319. The maximum absolute atomic E-state index is 13.3. The summed E-state index contributed by atoms with van der Waals surface area (Å²) in [6.45, 7) is 2.98. The van der Waals surface area contributed by atoms with Gasteiger partial charge in [0.15, 0.2) is 0 Å². The number of aliphatic hydroxyl groups is 1. The van der Waals surface area contributed by atoms with Crippen LogP contribution in [-0.4, -0.2) is 51.0 Å². The van der Waals surface area contributed by atoms with E-state index in [1.54, 1.807) is 43.9 Å². The molecule has 0 aliphatic carbocycles. The number of amides is 1. The van der Waals surface area contributed by atoms with E-state index in [0.29, 0.717) is 36.4 Å². The monoisotopic (exact) mass is 473 g/mol. The van der Waals surface area contributed by atoms with Gasteiger partial charge in [0, 0.05) is 37.5 Å². The number of ketones is 1. The molecule has 0 bridgehead atoms. The van der Waals surface area contributed by atoms with Gasteiger partial charge in [-0.3, -0.25) is 9.59 Å². The van der Waals surface area contributed by atoms with E-state index in [1.165, 1.54) is 4.90 Å². The normalized spacial score (nSPS) is 20.7. The molecule has 8 heteroatoms. The van der Waals surface area contributed by atoms with Gasteiger partial charge in [0.05, 0.1) is 25.1 Å². The minimum absolute atomic E-state index is 0.0558. The van der Waals surface area contributed by atoms with Gasteiger partial charge in [0.2, 0.25) is 0 Å². The molecule has 1 saturated heterocycles. The SMILES string of the molecule is COc1cccc([C@H]2/C(=C(\O)c3ccc4c(c3)C[C@@H](C)O4)C(=O)C(=O)N2CCCn2ccnc2)c1. The highest BCUT2D eigenvalue weighted by Crippen LogP contribution is 2.41. The molecule has 180 valence electrons. The molecule has 2 atom stereocenters. The maximum Gasteiger partial charge on any atom is 0.295 e. The lowest BCUT2D eigenvalue weighted by Gasteiger charge is -2.25. The fraction of sp³-hybridized carbons (Fsp3) is 0.296. The number of rotatable bonds is 7. The summed E-state index contributed by atoms with van der Waals surface area (Å²) in [7, 11) is 1.56. The van der Waals surface area contributed by atoms with Gasteiger partial charge in [-0.1, -0.05) is 12.1 Å². The molecule has 0 unspecified atom stereocenters. The average Bonchev–Trinajstić information content (AvgIpc) is 3.57. The fourth-order valence-electron chi connectivity index (χ4n) is 4.84. The topological polar surface area (TPSA) is 93.9 Å². The molecule has 2 aliphatic heterocycles. The van der Waals surface area contributed by atoms with Crippen molar-refractivity contribution in [2.24, 2.45) is 0 Å². The number of aryl methyl sites for hydroxylation is 1. The molecule has 1 aromatic heterocycles. The number of fused-ring (bicyclic) bond motifs is 1. The lowest BCUT2D eigenvalue weighted by Crippen LogP contribution is -2.31. The highest BCUT2D eigenvalue weighted by Gasteiger charge is 2.46. The van der Waals surface area contributed by atoms with Crippen LogP contribution in [0.1, 0.15) is 36.1 Å². The van der Waals surface area contributed by atoms with E-state index in [4.69, 9.17) is 9.47 Å². The summed E-state index contributed by atoms with van der Waals surface area (Å²) < 4.78 is 13.1. The van der Waals surface area contributed by atoms with Crippen molar-refractivity contribution < 1.29 is 24.2 Å². The van der Waals surface area contributed by atoms with Crippen LogP contribution < -0.4 is 9.47 Å². The Labute approximate surface area is 203 Å². The fourth-order valence-corrected chi connectivity index (χ4v) is 4.84. The van der Waals surface area contributed by atoms with Crippen LogP contribution in [0, 0.1) is 0 Å². The van der Waals surface area contributed by atoms with Gasteiger partial charge in [0.25, 0.3) is 11.7 Å². The Balaban J connectivity index is 1.54. The van der Waals surface area contributed by atoms with Gasteiger partial charge in [-0.05, 0) is 54.8 Å². The third-order valence-electron chi connectivity index (χ3n) is 6.49. The second kappa shape index (κ2) is 9.29. The Morgan fingerprint density at radius 3 is 2.83 bits per heavy atom. The Morgan fingerprint density at radius 1 is 1.20 bits per heavy atom. The molecule has 2 aromatic carbocycles. The van der Waals surface area contributed by atoms with Crippen molar-refractivity contribution in [2.75, 3.05) is 13.7 Å². The van der Waals surface area contributed by atoms with Crippen LogP contribution in [0.5, 0.6) is 11.5 Å². The third-order valence-corrected chi connectivity index (χ3v) is 6.49. The molecule has 1 fully saturated rings. The first-order valence-corrected chi connectivity index (χ1v) is 11.6. The largest absolute Gasteiger partial charge is 0.507 e. The van der Waals surface area contributed by atoms with Crippen molar-refractivity contribution in [3.63, 3.8) is 0 Å². The van der Waals surface area contributed by atoms with E-state index in [1.807, 2.05) is 35.9 Å². The molecule has 3 heterocycles. The van der Waals surface area contributed by atoms with Crippen LogP contribution in [0.25, 0.3) is 5.76 Å². The zero-order valence-corrected chi connectivity index (χ0v) is 19.7. The number of nitrogens with zero attached hydrogens (tertiary/aromatic N) is 3. The molecule has 1 N–H and O–H groups in total. The second-order valence-corrected chi connectivity index (χ2v) is 8.88. The standard InChI is InChI=1S/C27H27N3O5/c1-17-13-20-14-19(7-8-22(20)35-17)25(31)23-24(18-5-3-6-21(15-18)34-2)30(27(33)26(23)32)11-4-10-29-12-9-28-16-29/h3,5-9,12,14-17,24,31H,4,10-11,13H2,1-2H3/b25-23+/t17-,24+/m1/s1. The summed E-state index contributed by atoms with van der Waals surface area (Å²) in [6, 6.07) is 11.9. The summed E-state index contributed by atoms with van der Waals surface area (Å²) in [5, 5.41) is 11.4. The van der Waals surface area contributed by atoms with E-state index >= 15 is 0 Å². The average molecular weight is 474 g/mol. The molecule has 5 rings (SSSR count). The van der Waals surface area contributed by atoms with Gasteiger partial charge in [-0.25, -0.2) is 4.98 Å². The van der Waals surface area contributed by atoms with Gasteiger partial charge in [-0.15, -0.1) is 0 Å². The first-order chi connectivity index (χ1) is 17.0. The highest BCUT2D eigenvalue weighted by molar-refractivity contribution is 6.46. The first-order valence-electron chi connectivity index (χ1n) is 11.6. The minimum Gasteiger partial charge on any atom is -0.507 e. The number of carbonyl (C=O) groups excluding carboxylic acids is 2. The summed E-state index contributed by atoms with van der Waals surface area (Å²) in [5.74, 6) is -0.115. The number of imidazole rings is 1. The van der Waals surface area contributed by atoms with Crippen molar-refractivity contribution in [3.8, 4) is 11.5 Å². The number of Topliss-reactive ketones (excluding diaryl/α,β-unsaturated/α-hetero) is 1. The number of hydrogen-bond donors (Lipinski definition) is 1. The number of aromatic nitrogens is 2. The van der Waals surface area contributed by atoms with E-state index in [9.17, 15) is 14.7 Å². The van der Waals surface area contributed by atoms with Crippen LogP contribution in [0.2, 0.25) is 0 Å². The van der Waals surface area contributed by atoms with Crippen molar-refractivity contribution >= 4 is 17.4 Å². The number of ether oxygens (including phenoxy) is 2. The van der Waals surface area contributed by atoms with E-state index in [0.717, 1.165) is 17.7 Å². The Morgan fingerprint density at radius 2 is 2.06 bits per heavy atom. The molecule has 2 aliphatic rings. The van der Waals surface area contributed by atoms with Crippen molar-refractivity contribution in [1.82, 2.24) is 14.5 Å². The molecular weight excluding hydrogens is 446 g/mol. The number of hydrogen-bond acceptors (Lipinski definition) is 6. The van der Waals surface area contributed by atoms with Gasteiger partial charge in [-0.2, -0.15) is 0 Å². The molecule has 0 spiro atoms. The summed E-state index contributed by atoms with van der Waals surface area (Å²) >= 11 is 0. The zero-order chi connectivity index (χ0) is 24.5. The van der Waals surface area contributed by atoms with Crippen LogP contribution >= 0.6 is 0 Å². The van der Waals surface area contributed by atoms with Crippen molar-refractivity contribution in [2.45, 2.75) is 38.5 Å². The minimum atomic E-state index is -0.726. The molecule has 35 heavy (non-hydrogen) atoms. The van der Waals surface area contributed by atoms with Crippen LogP contribution in [0.4, 0.5) is 0 Å². The van der Waals surface area contributed by atoms with E-state index < -0.39 is 17.7 Å². The van der Waals surface area contributed by atoms with Crippen LogP contribution in [-0.2, 0) is 22.6 Å². The van der Waals surface area contributed by atoms with Crippen molar-refractivity contribution in [3.05, 3.63) is 83.4 Å². The zero-order valence-electron chi connectivity index (χ0n) is 19.7. The van der Waals surface area contributed by atoms with Gasteiger partial charge in [0.1, 0.15) is 23.4 Å². The van der Waals surface area contributed by atoms with Crippen LogP contribution in [0.15, 0.2) is 66.8 Å². The van der Waals surface area contributed by atoms with Crippen LogP contribution in [0.3, 0.4) is 0 Å². The summed E-state index contributed by atoms with van der Waals surface area (Å²) in [6.07, 6.45) is 6.67. The molecule has 8 nitrogen and oxygen atoms in total. The number of likely N-dealkylation sites (tertiary alicyclic amines) is 1. The van der Waals surface area contributed by atoms with E-state index in [2.05, 4.69) is 4.98 Å². The second-order valence-electron chi connectivity index (χ2n) is 8.88. The molecule has 3 aromatic rings. The Hall–Kier alpha value is -4.07. The first kappa shape index (κ1) is 22.7. The van der Waals surface area contributed by atoms with Gasteiger partial charge < -0.3 is 24.0 Å². The molecular formula is C27H27N3O5. The number of methoxy groups -OCH3 is 1. The van der Waals surface area contributed by atoms with E-state index in [-0.39, 0.29) is 17.4 Å². The lowest BCUT2D eigenvalue weighted by atomic mass is 9.94. The predicted octanol–water partition coefficient (Wildman–Crippen LogP) is 3.73. The van der Waals surface area contributed by atoms with Crippen molar-refractivity contribution in [1.29, 1.82) is 0 Å². The third kappa shape index (κ3) is 4.27. The summed E-state index contributed by atoms with van der Waals surface area (Å²) in [4.78, 5) is 32.0. The number of aliphatic hydroxyl groups excluding tert-OH is 1. The smallest absolute Gasteiger partial charge is 0.295 e.